The predicted octanol–water partition coefficient (Wildman–Crippen LogP) is 6.55. The number of piperidine rings is 1. The Labute approximate surface area is 240 Å². The van der Waals surface area contributed by atoms with Crippen molar-refractivity contribution in [3.63, 3.8) is 0 Å². The normalized spacial score (nSPS) is 23.8. The summed E-state index contributed by atoms with van der Waals surface area (Å²) in [5.41, 5.74) is 0.848. The summed E-state index contributed by atoms with van der Waals surface area (Å²) in [6, 6.07) is 13.9. The number of hydrogen-bond acceptors (Lipinski definition) is 6. The molecule has 0 aliphatic carbocycles. The molecule has 7 rings (SSSR count). The standard InChI is InChI=1S/C31H32BrF2N5O/c32-16-20-9-13-38(14-10-20)29-25-17-35-27(24-8-3-6-21-5-1-2-7-23(21)24)26(34)28(25)36-30(37-29)40-19-31-11-4-12-39(31)18-22(33)15-31/h1-3,5-8,17,20,22H,4,9-16,18-19H2/t22-,31+/m1/s1. The maximum Gasteiger partial charge on any atom is 0.319 e. The van der Waals surface area contributed by atoms with Crippen LogP contribution in [0.4, 0.5) is 14.6 Å². The third-order valence-electron chi connectivity index (χ3n) is 9.05. The van der Waals surface area contributed by atoms with Crippen LogP contribution in [0.15, 0.2) is 48.7 Å². The van der Waals surface area contributed by atoms with E-state index in [1.807, 2.05) is 42.5 Å². The van der Waals surface area contributed by atoms with Crippen LogP contribution >= 0.6 is 15.9 Å². The Morgan fingerprint density at radius 3 is 2.70 bits per heavy atom. The highest BCUT2D eigenvalue weighted by Crippen LogP contribution is 2.41. The number of rotatable bonds is 6. The molecule has 3 fully saturated rings. The molecule has 0 bridgehead atoms. The van der Waals surface area contributed by atoms with Crippen LogP contribution in [0.3, 0.4) is 0 Å². The Morgan fingerprint density at radius 1 is 1.02 bits per heavy atom. The predicted molar refractivity (Wildman–Crippen MR) is 158 cm³/mol. The minimum atomic E-state index is -0.848. The lowest BCUT2D eigenvalue weighted by Gasteiger charge is -2.33. The van der Waals surface area contributed by atoms with E-state index in [9.17, 15) is 4.39 Å². The first-order valence-electron chi connectivity index (χ1n) is 14.2. The van der Waals surface area contributed by atoms with Crippen molar-refractivity contribution in [2.45, 2.75) is 43.8 Å². The van der Waals surface area contributed by atoms with Crippen molar-refractivity contribution in [2.24, 2.45) is 5.92 Å². The SMILES string of the molecule is Fc1c(-c2cccc3ccccc23)ncc2c(N3CCC(CBr)CC3)nc(OC[C@@]34CCCN3C[C@H](F)C4)nc12. The maximum absolute atomic E-state index is 16.4. The molecule has 0 spiro atoms. The van der Waals surface area contributed by atoms with Crippen molar-refractivity contribution in [1.82, 2.24) is 19.9 Å². The van der Waals surface area contributed by atoms with E-state index >= 15 is 4.39 Å². The summed E-state index contributed by atoms with van der Waals surface area (Å²) in [6.45, 7) is 3.26. The fourth-order valence-corrected chi connectivity index (χ4v) is 7.54. The van der Waals surface area contributed by atoms with Crippen LogP contribution in [0.1, 0.15) is 32.1 Å². The van der Waals surface area contributed by atoms with E-state index in [0.717, 1.165) is 67.0 Å². The fraction of sp³-hybridized carbons (Fsp3) is 0.452. The molecule has 3 aliphatic heterocycles. The van der Waals surface area contributed by atoms with Crippen LogP contribution in [-0.2, 0) is 0 Å². The van der Waals surface area contributed by atoms with Gasteiger partial charge in [-0.05, 0) is 48.9 Å². The summed E-state index contributed by atoms with van der Waals surface area (Å²) in [5, 5.41) is 3.50. The first-order valence-corrected chi connectivity index (χ1v) is 15.3. The van der Waals surface area contributed by atoms with Crippen molar-refractivity contribution in [3.8, 4) is 17.3 Å². The number of fused-ring (bicyclic) bond motifs is 3. The van der Waals surface area contributed by atoms with Gasteiger partial charge in [-0.2, -0.15) is 9.97 Å². The molecular formula is C31H32BrF2N5O. The minimum absolute atomic E-state index is 0.141. The summed E-state index contributed by atoms with van der Waals surface area (Å²) in [4.78, 5) is 18.5. The van der Waals surface area contributed by atoms with E-state index in [1.165, 1.54) is 0 Å². The number of anilines is 1. The van der Waals surface area contributed by atoms with Gasteiger partial charge in [-0.3, -0.25) is 9.88 Å². The van der Waals surface area contributed by atoms with Gasteiger partial charge in [0, 0.05) is 43.1 Å². The number of aromatic nitrogens is 3. The first-order chi connectivity index (χ1) is 19.5. The average molecular weight is 609 g/mol. The van der Waals surface area contributed by atoms with Gasteiger partial charge in [0.15, 0.2) is 5.82 Å². The van der Waals surface area contributed by atoms with Crippen LogP contribution in [0, 0.1) is 11.7 Å². The highest BCUT2D eigenvalue weighted by atomic mass is 79.9. The van der Waals surface area contributed by atoms with E-state index in [-0.39, 0.29) is 22.8 Å². The van der Waals surface area contributed by atoms with Crippen molar-refractivity contribution < 1.29 is 13.5 Å². The summed E-state index contributed by atoms with van der Waals surface area (Å²) in [7, 11) is 0. The quantitative estimate of drug-likeness (QED) is 0.232. The van der Waals surface area contributed by atoms with Gasteiger partial charge in [-0.1, -0.05) is 58.4 Å². The van der Waals surface area contributed by atoms with Crippen LogP contribution in [-0.4, -0.2) is 69.7 Å². The lowest BCUT2D eigenvalue weighted by atomic mass is 9.95. The second-order valence-corrected chi connectivity index (χ2v) is 12.1. The monoisotopic (exact) mass is 607 g/mol. The lowest BCUT2D eigenvalue weighted by molar-refractivity contribution is 0.107. The lowest BCUT2D eigenvalue weighted by Crippen LogP contribution is -2.43. The van der Waals surface area contributed by atoms with Crippen LogP contribution in [0.2, 0.25) is 0 Å². The number of alkyl halides is 2. The molecule has 9 heteroatoms. The van der Waals surface area contributed by atoms with Gasteiger partial charge >= 0.3 is 6.01 Å². The zero-order valence-corrected chi connectivity index (χ0v) is 23.9. The smallest absolute Gasteiger partial charge is 0.319 e. The molecule has 6 nitrogen and oxygen atoms in total. The van der Waals surface area contributed by atoms with Crippen molar-refractivity contribution in [1.29, 1.82) is 0 Å². The molecule has 2 aromatic heterocycles. The number of pyridine rings is 1. The molecular weight excluding hydrogens is 576 g/mol. The number of nitrogens with zero attached hydrogens (tertiary/aromatic N) is 5. The molecule has 40 heavy (non-hydrogen) atoms. The van der Waals surface area contributed by atoms with Gasteiger partial charge in [0.2, 0.25) is 0 Å². The number of ether oxygens (including phenoxy) is 1. The molecule has 0 saturated carbocycles. The second-order valence-electron chi connectivity index (χ2n) is 11.5. The largest absolute Gasteiger partial charge is 0.461 e. The molecule has 0 amide bonds. The molecule has 5 heterocycles. The topological polar surface area (TPSA) is 54.4 Å². The molecule has 3 saturated heterocycles. The van der Waals surface area contributed by atoms with Crippen molar-refractivity contribution >= 4 is 43.4 Å². The Bertz CT molecular complexity index is 1560. The molecule has 0 unspecified atom stereocenters. The number of hydrogen-bond donors (Lipinski definition) is 0. The van der Waals surface area contributed by atoms with E-state index in [4.69, 9.17) is 9.72 Å². The zero-order valence-electron chi connectivity index (χ0n) is 22.3. The van der Waals surface area contributed by atoms with Crippen LogP contribution in [0.5, 0.6) is 6.01 Å². The average Bonchev–Trinajstić information content (AvgIpc) is 3.51. The number of benzene rings is 2. The highest BCUT2D eigenvalue weighted by Gasteiger charge is 2.49. The van der Waals surface area contributed by atoms with E-state index in [2.05, 4.69) is 35.7 Å². The summed E-state index contributed by atoms with van der Waals surface area (Å²) in [6.07, 6.45) is 5.26. The summed E-state index contributed by atoms with van der Waals surface area (Å²) < 4.78 is 37.1. The van der Waals surface area contributed by atoms with E-state index in [1.54, 1.807) is 6.20 Å². The Hall–Kier alpha value is -2.91. The fourth-order valence-electron chi connectivity index (χ4n) is 6.89. The second kappa shape index (κ2) is 10.5. The van der Waals surface area contributed by atoms with Gasteiger partial charge in [0.1, 0.15) is 29.8 Å². The van der Waals surface area contributed by atoms with Crippen LogP contribution in [0.25, 0.3) is 32.9 Å². The van der Waals surface area contributed by atoms with Crippen LogP contribution < -0.4 is 9.64 Å². The molecule has 4 aromatic rings. The Balaban J connectivity index is 1.31. The van der Waals surface area contributed by atoms with Gasteiger partial charge in [0.05, 0.1) is 10.9 Å². The van der Waals surface area contributed by atoms with Gasteiger partial charge in [0.25, 0.3) is 0 Å². The highest BCUT2D eigenvalue weighted by molar-refractivity contribution is 9.09. The van der Waals surface area contributed by atoms with Crippen molar-refractivity contribution in [3.05, 3.63) is 54.5 Å². The molecule has 2 atom stereocenters. The Kier molecular flexibility index (Phi) is 6.82. The Morgan fingerprint density at radius 2 is 1.85 bits per heavy atom. The van der Waals surface area contributed by atoms with Gasteiger partial charge < -0.3 is 9.64 Å². The third kappa shape index (κ3) is 4.51. The summed E-state index contributed by atoms with van der Waals surface area (Å²) in [5.74, 6) is 0.777. The van der Waals surface area contributed by atoms with E-state index in [0.29, 0.717) is 36.7 Å². The summed E-state index contributed by atoms with van der Waals surface area (Å²) >= 11 is 3.62. The minimum Gasteiger partial charge on any atom is -0.461 e. The molecule has 3 aliphatic rings. The van der Waals surface area contributed by atoms with E-state index < -0.39 is 12.0 Å². The van der Waals surface area contributed by atoms with Gasteiger partial charge in [-0.25, -0.2) is 8.78 Å². The zero-order chi connectivity index (χ0) is 27.3. The third-order valence-corrected chi connectivity index (χ3v) is 9.97. The molecule has 208 valence electrons. The van der Waals surface area contributed by atoms with Crippen molar-refractivity contribution in [2.75, 3.05) is 43.0 Å². The molecule has 0 radical (unpaired) electrons. The molecule has 0 N–H and O–H groups in total. The maximum atomic E-state index is 16.4. The first kappa shape index (κ1) is 26.0. The van der Waals surface area contributed by atoms with Gasteiger partial charge in [-0.15, -0.1) is 0 Å². The molecule has 2 aromatic carbocycles. The number of halogens is 3.